The van der Waals surface area contributed by atoms with E-state index >= 15 is 0 Å². The highest BCUT2D eigenvalue weighted by atomic mass is 32.2. The van der Waals surface area contributed by atoms with Gasteiger partial charge in [-0.1, -0.05) is 0 Å². The molecule has 0 spiro atoms. The monoisotopic (exact) mass is 226 g/mol. The zero-order valence-corrected chi connectivity index (χ0v) is 9.33. The minimum atomic E-state index is -0.487. The molecule has 0 radical (unpaired) electrons. The Labute approximate surface area is 92.8 Å². The van der Waals surface area contributed by atoms with Gasteiger partial charge in [0.2, 0.25) is 5.91 Å². The molecule has 0 aliphatic rings. The zero-order chi connectivity index (χ0) is 11.1. The number of nitrogens with two attached hydrogens (primary N) is 1. The predicted molar refractivity (Wildman–Crippen MR) is 61.6 cm³/mol. The van der Waals surface area contributed by atoms with Crippen molar-refractivity contribution in [1.29, 1.82) is 0 Å². The van der Waals surface area contributed by atoms with Crippen LogP contribution in [0.4, 0.5) is 5.82 Å². The van der Waals surface area contributed by atoms with E-state index in [2.05, 4.69) is 15.5 Å². The fourth-order valence-corrected chi connectivity index (χ4v) is 1.45. The van der Waals surface area contributed by atoms with Crippen molar-refractivity contribution in [2.45, 2.75) is 12.5 Å². The van der Waals surface area contributed by atoms with Gasteiger partial charge in [0.25, 0.3) is 0 Å². The van der Waals surface area contributed by atoms with Crippen LogP contribution in [0, 0.1) is 0 Å². The van der Waals surface area contributed by atoms with Crippen molar-refractivity contribution < 1.29 is 4.79 Å². The summed E-state index contributed by atoms with van der Waals surface area (Å²) in [7, 11) is 0. The van der Waals surface area contributed by atoms with Gasteiger partial charge in [-0.25, -0.2) is 0 Å². The molecule has 0 saturated carbocycles. The number of hydrogen-bond donors (Lipinski definition) is 2. The van der Waals surface area contributed by atoms with Gasteiger partial charge in [-0.05, 0) is 30.6 Å². The van der Waals surface area contributed by atoms with Crippen LogP contribution in [-0.2, 0) is 4.79 Å². The Balaban J connectivity index is 2.42. The third kappa shape index (κ3) is 4.26. The maximum Gasteiger partial charge on any atom is 0.242 e. The highest BCUT2D eigenvalue weighted by Crippen LogP contribution is 2.02. The molecule has 1 atom stereocenters. The van der Waals surface area contributed by atoms with Crippen molar-refractivity contribution in [3.63, 3.8) is 0 Å². The van der Waals surface area contributed by atoms with E-state index in [1.165, 1.54) is 0 Å². The SMILES string of the molecule is CSCC[C@H](N)C(=O)Nc1cccnn1. The molecule has 0 aliphatic heterocycles. The van der Waals surface area contributed by atoms with Crippen LogP contribution in [-0.4, -0.2) is 34.2 Å². The zero-order valence-electron chi connectivity index (χ0n) is 8.51. The van der Waals surface area contributed by atoms with Crippen LogP contribution in [0.2, 0.25) is 0 Å². The number of carbonyl (C=O) groups is 1. The number of thioether (sulfide) groups is 1. The summed E-state index contributed by atoms with van der Waals surface area (Å²) >= 11 is 1.67. The number of anilines is 1. The van der Waals surface area contributed by atoms with Gasteiger partial charge >= 0.3 is 0 Å². The van der Waals surface area contributed by atoms with Crippen molar-refractivity contribution in [3.05, 3.63) is 18.3 Å². The number of carbonyl (C=O) groups excluding carboxylic acids is 1. The van der Waals surface area contributed by atoms with E-state index < -0.39 is 6.04 Å². The molecule has 82 valence electrons. The van der Waals surface area contributed by atoms with Crippen LogP contribution in [0.5, 0.6) is 0 Å². The molecule has 0 saturated heterocycles. The van der Waals surface area contributed by atoms with Crippen LogP contribution in [0.1, 0.15) is 6.42 Å². The Morgan fingerprint density at radius 2 is 2.53 bits per heavy atom. The Hall–Kier alpha value is -1.14. The van der Waals surface area contributed by atoms with Crippen molar-refractivity contribution in [2.75, 3.05) is 17.3 Å². The molecule has 0 bridgehead atoms. The molecule has 0 aromatic carbocycles. The molecular weight excluding hydrogens is 212 g/mol. The number of aromatic nitrogens is 2. The fourth-order valence-electron chi connectivity index (χ4n) is 0.963. The topological polar surface area (TPSA) is 80.9 Å². The highest BCUT2D eigenvalue weighted by Gasteiger charge is 2.13. The van der Waals surface area contributed by atoms with Gasteiger partial charge in [0.05, 0.1) is 6.04 Å². The predicted octanol–water partition coefficient (Wildman–Crippen LogP) is 0.495. The maximum absolute atomic E-state index is 11.5. The largest absolute Gasteiger partial charge is 0.320 e. The van der Waals surface area contributed by atoms with E-state index in [4.69, 9.17) is 5.73 Å². The smallest absolute Gasteiger partial charge is 0.242 e. The lowest BCUT2D eigenvalue weighted by atomic mass is 10.2. The molecule has 3 N–H and O–H groups in total. The van der Waals surface area contributed by atoms with Gasteiger partial charge in [-0.2, -0.15) is 16.9 Å². The second-order valence-corrected chi connectivity index (χ2v) is 3.97. The molecule has 1 aromatic rings. The number of nitrogens with zero attached hydrogens (tertiary/aromatic N) is 2. The van der Waals surface area contributed by atoms with Crippen molar-refractivity contribution in [1.82, 2.24) is 10.2 Å². The molecule has 1 rings (SSSR count). The quantitative estimate of drug-likeness (QED) is 0.764. The van der Waals surface area contributed by atoms with E-state index in [1.807, 2.05) is 6.26 Å². The lowest BCUT2D eigenvalue weighted by molar-refractivity contribution is -0.117. The van der Waals surface area contributed by atoms with E-state index in [0.717, 1.165) is 5.75 Å². The second-order valence-electron chi connectivity index (χ2n) is 2.99. The first-order chi connectivity index (χ1) is 7.24. The fraction of sp³-hybridized carbons (Fsp3) is 0.444. The summed E-state index contributed by atoms with van der Waals surface area (Å²) in [4.78, 5) is 11.5. The van der Waals surface area contributed by atoms with E-state index in [0.29, 0.717) is 12.2 Å². The van der Waals surface area contributed by atoms with Gasteiger partial charge in [-0.3, -0.25) is 4.79 Å². The van der Waals surface area contributed by atoms with Crippen LogP contribution in [0.25, 0.3) is 0 Å². The molecule has 15 heavy (non-hydrogen) atoms. The highest BCUT2D eigenvalue weighted by molar-refractivity contribution is 7.98. The molecule has 1 amide bonds. The first-order valence-electron chi connectivity index (χ1n) is 4.57. The minimum Gasteiger partial charge on any atom is -0.320 e. The summed E-state index contributed by atoms with van der Waals surface area (Å²) in [6.07, 6.45) is 4.18. The number of hydrogen-bond acceptors (Lipinski definition) is 5. The molecule has 0 unspecified atom stereocenters. The van der Waals surface area contributed by atoms with Gasteiger partial charge in [0.1, 0.15) is 0 Å². The lowest BCUT2D eigenvalue weighted by Crippen LogP contribution is -2.36. The summed E-state index contributed by atoms with van der Waals surface area (Å²) in [6.45, 7) is 0. The van der Waals surface area contributed by atoms with Crippen molar-refractivity contribution in [2.24, 2.45) is 5.73 Å². The third-order valence-electron chi connectivity index (χ3n) is 1.79. The van der Waals surface area contributed by atoms with Crippen LogP contribution in [0.15, 0.2) is 18.3 Å². The molecule has 0 aliphatic carbocycles. The average Bonchev–Trinajstić information content (AvgIpc) is 2.27. The number of amides is 1. The summed E-state index contributed by atoms with van der Waals surface area (Å²) in [5.74, 6) is 1.08. The summed E-state index contributed by atoms with van der Waals surface area (Å²) < 4.78 is 0. The van der Waals surface area contributed by atoms with Crippen LogP contribution in [0.3, 0.4) is 0 Å². The Kier molecular flexibility index (Phi) is 5.06. The molecule has 1 heterocycles. The average molecular weight is 226 g/mol. The van der Waals surface area contributed by atoms with Crippen LogP contribution < -0.4 is 11.1 Å². The van der Waals surface area contributed by atoms with E-state index in [9.17, 15) is 4.79 Å². The van der Waals surface area contributed by atoms with Gasteiger partial charge < -0.3 is 11.1 Å². The van der Waals surface area contributed by atoms with E-state index in [1.54, 1.807) is 30.1 Å². The maximum atomic E-state index is 11.5. The molecule has 1 aromatic heterocycles. The number of rotatable bonds is 5. The summed E-state index contributed by atoms with van der Waals surface area (Å²) in [6, 6.07) is 2.89. The molecule has 0 fully saturated rings. The summed E-state index contributed by atoms with van der Waals surface area (Å²) in [5.41, 5.74) is 5.68. The molecular formula is C9H14N4OS. The normalized spacial score (nSPS) is 12.1. The molecule has 5 nitrogen and oxygen atoms in total. The summed E-state index contributed by atoms with van der Waals surface area (Å²) in [5, 5.41) is 9.99. The van der Waals surface area contributed by atoms with E-state index in [-0.39, 0.29) is 5.91 Å². The second kappa shape index (κ2) is 6.36. The Bertz CT molecular complexity index is 306. The van der Waals surface area contributed by atoms with Crippen molar-refractivity contribution in [3.8, 4) is 0 Å². The van der Waals surface area contributed by atoms with Gasteiger partial charge in [-0.15, -0.1) is 5.10 Å². The van der Waals surface area contributed by atoms with Crippen LogP contribution >= 0.6 is 11.8 Å². The molecule has 6 heteroatoms. The first kappa shape index (κ1) is 11.9. The van der Waals surface area contributed by atoms with Crippen molar-refractivity contribution >= 4 is 23.5 Å². The minimum absolute atomic E-state index is 0.218. The van der Waals surface area contributed by atoms with Gasteiger partial charge in [0.15, 0.2) is 5.82 Å². The third-order valence-corrected chi connectivity index (χ3v) is 2.44. The van der Waals surface area contributed by atoms with Gasteiger partial charge in [0, 0.05) is 6.20 Å². The standard InChI is InChI=1S/C9H14N4OS/c1-15-6-4-7(10)9(14)12-8-3-2-5-11-13-8/h2-3,5,7H,4,6,10H2,1H3,(H,12,13,14)/t7-/m0/s1. The first-order valence-corrected chi connectivity index (χ1v) is 5.96. The number of nitrogens with one attached hydrogen (secondary N) is 1. The Morgan fingerprint density at radius 3 is 3.13 bits per heavy atom. The Morgan fingerprint density at radius 1 is 1.73 bits per heavy atom. The lowest BCUT2D eigenvalue weighted by Gasteiger charge is -2.10.